The molecule has 0 fully saturated rings. The zero-order valence-electron chi connectivity index (χ0n) is 13.9. The van der Waals surface area contributed by atoms with Crippen LogP contribution < -0.4 is 5.73 Å². The zero-order valence-corrected chi connectivity index (χ0v) is 13.9. The van der Waals surface area contributed by atoms with Crippen LogP contribution in [0.4, 0.5) is 10.1 Å². The molecule has 0 aliphatic heterocycles. The number of rotatable bonds is 5. The Morgan fingerprint density at radius 1 is 1.26 bits per heavy atom. The second kappa shape index (κ2) is 7.73. The predicted octanol–water partition coefficient (Wildman–Crippen LogP) is 5.23. The van der Waals surface area contributed by atoms with Crippen LogP contribution in [0.15, 0.2) is 59.2 Å². The van der Waals surface area contributed by atoms with E-state index in [9.17, 15) is 4.39 Å². The highest BCUT2D eigenvalue weighted by molar-refractivity contribution is 5.60. The van der Waals surface area contributed by atoms with Gasteiger partial charge in [0.05, 0.1) is 5.92 Å². The van der Waals surface area contributed by atoms with E-state index in [0.29, 0.717) is 11.3 Å². The quantitative estimate of drug-likeness (QED) is 0.596. The van der Waals surface area contributed by atoms with E-state index in [-0.39, 0.29) is 11.7 Å². The third kappa shape index (κ3) is 3.86. The van der Waals surface area contributed by atoms with Crippen LogP contribution in [-0.2, 0) is 0 Å². The molecule has 120 valence electrons. The van der Waals surface area contributed by atoms with Crippen LogP contribution >= 0.6 is 0 Å². The molecule has 0 saturated carbocycles. The molecule has 3 heteroatoms. The fourth-order valence-electron chi connectivity index (χ4n) is 2.70. The maximum absolute atomic E-state index is 14.1. The van der Waals surface area contributed by atoms with Gasteiger partial charge in [0.1, 0.15) is 5.82 Å². The van der Waals surface area contributed by atoms with Crippen molar-refractivity contribution in [2.45, 2.75) is 33.1 Å². The Morgan fingerprint density at radius 2 is 2.00 bits per heavy atom. The summed E-state index contributed by atoms with van der Waals surface area (Å²) in [6.07, 6.45) is 4.71. The van der Waals surface area contributed by atoms with Crippen molar-refractivity contribution >= 4 is 11.9 Å². The standard InChI is InChI=1S/C20H23FN2/c1-4-12-23-19(5-2)20(15-8-6-9-16(22)13-15)17-10-7-11-18(21)14(17)3/h5-13,20H,4,22H2,1-3H3/b19-5-,23-12?. The fraction of sp³-hybridized carbons (Fsp3) is 0.250. The molecular formula is C20H23FN2. The summed E-state index contributed by atoms with van der Waals surface area (Å²) < 4.78 is 14.1. The Labute approximate surface area is 137 Å². The Bertz CT molecular complexity index is 732. The third-order valence-corrected chi connectivity index (χ3v) is 3.88. The number of halogens is 1. The van der Waals surface area contributed by atoms with Crippen molar-refractivity contribution in [3.8, 4) is 0 Å². The molecule has 1 atom stereocenters. The third-order valence-electron chi connectivity index (χ3n) is 3.88. The minimum Gasteiger partial charge on any atom is -0.399 e. The van der Waals surface area contributed by atoms with Gasteiger partial charge in [-0.25, -0.2) is 4.39 Å². The van der Waals surface area contributed by atoms with E-state index in [0.717, 1.165) is 23.2 Å². The summed E-state index contributed by atoms with van der Waals surface area (Å²) in [6, 6.07) is 12.9. The topological polar surface area (TPSA) is 38.4 Å². The first-order chi connectivity index (χ1) is 11.1. The minimum absolute atomic E-state index is 0.137. The van der Waals surface area contributed by atoms with Crippen molar-refractivity contribution in [2.24, 2.45) is 4.99 Å². The molecule has 2 nitrogen and oxygen atoms in total. The fourth-order valence-corrected chi connectivity index (χ4v) is 2.70. The first-order valence-electron chi connectivity index (χ1n) is 7.87. The van der Waals surface area contributed by atoms with Crippen LogP contribution in [0.25, 0.3) is 0 Å². The van der Waals surface area contributed by atoms with Gasteiger partial charge >= 0.3 is 0 Å². The van der Waals surface area contributed by atoms with Crippen LogP contribution in [0.3, 0.4) is 0 Å². The predicted molar refractivity (Wildman–Crippen MR) is 96.4 cm³/mol. The molecule has 2 aromatic carbocycles. The van der Waals surface area contributed by atoms with Crippen LogP contribution in [0.1, 0.15) is 42.9 Å². The second-order valence-electron chi connectivity index (χ2n) is 5.49. The number of nitrogens with two attached hydrogens (primary N) is 1. The number of allylic oxidation sites excluding steroid dienone is 2. The minimum atomic E-state index is -0.202. The van der Waals surface area contributed by atoms with Crippen LogP contribution in [0, 0.1) is 12.7 Å². The van der Waals surface area contributed by atoms with Gasteiger partial charge in [0.15, 0.2) is 0 Å². The maximum Gasteiger partial charge on any atom is 0.126 e. The van der Waals surface area contributed by atoms with Crippen molar-refractivity contribution in [3.05, 3.63) is 76.7 Å². The number of anilines is 1. The van der Waals surface area contributed by atoms with Crippen molar-refractivity contribution in [3.63, 3.8) is 0 Å². The van der Waals surface area contributed by atoms with Crippen LogP contribution in [0.5, 0.6) is 0 Å². The first-order valence-corrected chi connectivity index (χ1v) is 7.87. The van der Waals surface area contributed by atoms with Crippen LogP contribution in [0.2, 0.25) is 0 Å². The van der Waals surface area contributed by atoms with E-state index in [1.165, 1.54) is 6.07 Å². The summed E-state index contributed by atoms with van der Waals surface area (Å²) in [7, 11) is 0. The zero-order chi connectivity index (χ0) is 16.8. The summed E-state index contributed by atoms with van der Waals surface area (Å²) in [5.74, 6) is -0.340. The monoisotopic (exact) mass is 310 g/mol. The Kier molecular flexibility index (Phi) is 5.69. The van der Waals surface area contributed by atoms with Gasteiger partial charge in [0.2, 0.25) is 0 Å². The molecule has 0 radical (unpaired) electrons. The smallest absolute Gasteiger partial charge is 0.126 e. The van der Waals surface area contributed by atoms with Gasteiger partial charge in [-0.3, -0.25) is 4.99 Å². The molecule has 2 N–H and O–H groups in total. The number of benzene rings is 2. The summed E-state index contributed by atoms with van der Waals surface area (Å²) in [4.78, 5) is 4.59. The van der Waals surface area contributed by atoms with Crippen molar-refractivity contribution in [2.75, 3.05) is 5.73 Å². The highest BCUT2D eigenvalue weighted by Gasteiger charge is 2.21. The van der Waals surface area contributed by atoms with Gasteiger partial charge in [-0.1, -0.05) is 37.3 Å². The largest absolute Gasteiger partial charge is 0.399 e. The van der Waals surface area contributed by atoms with Crippen molar-refractivity contribution in [1.82, 2.24) is 0 Å². The summed E-state index contributed by atoms with van der Waals surface area (Å²) in [5, 5.41) is 0. The molecule has 0 saturated heterocycles. The Morgan fingerprint density at radius 3 is 2.65 bits per heavy atom. The van der Waals surface area contributed by atoms with Gasteiger partial charge in [0, 0.05) is 17.6 Å². The lowest BCUT2D eigenvalue weighted by Crippen LogP contribution is -2.07. The van der Waals surface area contributed by atoms with E-state index in [1.807, 2.05) is 56.5 Å². The number of nitrogen functional groups attached to an aromatic ring is 1. The van der Waals surface area contributed by atoms with Crippen molar-refractivity contribution in [1.29, 1.82) is 0 Å². The van der Waals surface area contributed by atoms with Crippen LogP contribution in [-0.4, -0.2) is 6.21 Å². The lowest BCUT2D eigenvalue weighted by Gasteiger charge is -2.21. The molecule has 0 aliphatic carbocycles. The lowest BCUT2D eigenvalue weighted by molar-refractivity contribution is 0.614. The second-order valence-corrected chi connectivity index (χ2v) is 5.49. The normalized spacial score (nSPS) is 13.5. The van der Waals surface area contributed by atoms with E-state index in [2.05, 4.69) is 4.99 Å². The molecule has 23 heavy (non-hydrogen) atoms. The number of aliphatic imine (C=N–C) groups is 1. The van der Waals surface area contributed by atoms with E-state index in [4.69, 9.17) is 5.73 Å². The molecular weight excluding hydrogens is 287 g/mol. The molecule has 0 amide bonds. The number of nitrogens with zero attached hydrogens (tertiary/aromatic N) is 1. The lowest BCUT2D eigenvalue weighted by atomic mass is 9.85. The molecule has 2 aromatic rings. The van der Waals surface area contributed by atoms with E-state index < -0.39 is 0 Å². The Balaban J connectivity index is 2.64. The van der Waals surface area contributed by atoms with Gasteiger partial charge < -0.3 is 5.73 Å². The highest BCUT2D eigenvalue weighted by Crippen LogP contribution is 2.35. The van der Waals surface area contributed by atoms with Gasteiger partial charge in [0.25, 0.3) is 0 Å². The summed E-state index contributed by atoms with van der Waals surface area (Å²) in [5.41, 5.74) is 10.1. The van der Waals surface area contributed by atoms with E-state index >= 15 is 0 Å². The summed E-state index contributed by atoms with van der Waals surface area (Å²) >= 11 is 0. The molecule has 0 heterocycles. The molecule has 0 aromatic heterocycles. The SMILES string of the molecule is C/C=C(\N=CCC)C(c1cccc(N)c1)c1cccc(F)c1C. The van der Waals surface area contributed by atoms with Crippen molar-refractivity contribution < 1.29 is 4.39 Å². The average Bonchev–Trinajstić information content (AvgIpc) is 2.54. The summed E-state index contributed by atoms with van der Waals surface area (Å²) in [6.45, 7) is 5.80. The molecule has 0 spiro atoms. The highest BCUT2D eigenvalue weighted by atomic mass is 19.1. The first kappa shape index (κ1) is 16.9. The molecule has 2 rings (SSSR count). The molecule has 0 aliphatic rings. The van der Waals surface area contributed by atoms with Gasteiger partial charge in [-0.2, -0.15) is 0 Å². The Hall–Kier alpha value is -2.42. The average molecular weight is 310 g/mol. The molecule has 0 bridgehead atoms. The van der Waals surface area contributed by atoms with Gasteiger partial charge in [-0.05, 0) is 55.2 Å². The molecule has 1 unspecified atom stereocenters. The maximum atomic E-state index is 14.1. The number of hydrogen-bond acceptors (Lipinski definition) is 2. The van der Waals surface area contributed by atoms with E-state index in [1.54, 1.807) is 13.0 Å². The van der Waals surface area contributed by atoms with Gasteiger partial charge in [-0.15, -0.1) is 0 Å². The number of hydrogen-bond donors (Lipinski definition) is 1.